The molecule has 12 heteroatoms. The first-order chi connectivity index (χ1) is 22.0. The van der Waals surface area contributed by atoms with Gasteiger partial charge in [-0.3, -0.25) is 13.9 Å². The first-order valence-electron chi connectivity index (χ1n) is 15.3. The van der Waals surface area contributed by atoms with Gasteiger partial charge < -0.3 is 19.7 Å². The molecule has 3 aromatic rings. The predicted octanol–water partition coefficient (Wildman–Crippen LogP) is 6.77. The van der Waals surface area contributed by atoms with Gasteiger partial charge >= 0.3 is 0 Å². The van der Waals surface area contributed by atoms with Crippen LogP contribution in [-0.2, 0) is 26.2 Å². The predicted molar refractivity (Wildman–Crippen MR) is 181 cm³/mol. The molecule has 0 spiro atoms. The number of sulfonamides is 1. The van der Waals surface area contributed by atoms with Gasteiger partial charge in [-0.05, 0) is 68.1 Å². The number of nitrogens with zero attached hydrogens (tertiary/aromatic N) is 2. The van der Waals surface area contributed by atoms with Crippen molar-refractivity contribution in [2.75, 3.05) is 25.1 Å². The quantitative estimate of drug-likeness (QED) is 0.212. The van der Waals surface area contributed by atoms with Crippen LogP contribution < -0.4 is 19.1 Å². The second-order valence-corrected chi connectivity index (χ2v) is 14.1. The molecule has 1 atom stereocenters. The molecule has 1 unspecified atom stereocenters. The van der Waals surface area contributed by atoms with Gasteiger partial charge in [0, 0.05) is 18.7 Å². The lowest BCUT2D eigenvalue weighted by Gasteiger charge is -2.34. The van der Waals surface area contributed by atoms with E-state index in [-0.39, 0.29) is 29.1 Å². The van der Waals surface area contributed by atoms with Gasteiger partial charge in [0.1, 0.15) is 12.6 Å². The summed E-state index contributed by atoms with van der Waals surface area (Å²) in [5.41, 5.74) is 1.72. The van der Waals surface area contributed by atoms with E-state index in [1.54, 1.807) is 42.5 Å². The Morgan fingerprint density at radius 1 is 0.913 bits per heavy atom. The zero-order valence-corrected chi connectivity index (χ0v) is 28.9. The summed E-state index contributed by atoms with van der Waals surface area (Å²) in [6.45, 7) is 3.11. The summed E-state index contributed by atoms with van der Waals surface area (Å²) in [6, 6.07) is 15.2. The number of ether oxygens (including phenoxy) is 2. The minimum absolute atomic E-state index is 0.0106. The number of aryl methyl sites for hydroxylation is 1. The molecule has 0 saturated heterocycles. The molecular formula is C34H41Cl2N3O6S. The van der Waals surface area contributed by atoms with Crippen LogP contribution in [0, 0.1) is 6.92 Å². The third-order valence-corrected chi connectivity index (χ3v) is 10.7. The van der Waals surface area contributed by atoms with Crippen molar-refractivity contribution in [1.29, 1.82) is 0 Å². The summed E-state index contributed by atoms with van der Waals surface area (Å²) in [5, 5.41) is 3.80. The van der Waals surface area contributed by atoms with Crippen molar-refractivity contribution in [1.82, 2.24) is 10.2 Å². The highest BCUT2D eigenvalue weighted by atomic mass is 35.5. The second kappa shape index (κ2) is 15.9. The van der Waals surface area contributed by atoms with Crippen LogP contribution in [0.2, 0.25) is 10.0 Å². The van der Waals surface area contributed by atoms with E-state index in [4.69, 9.17) is 32.7 Å². The largest absolute Gasteiger partial charge is 0.493 e. The van der Waals surface area contributed by atoms with Crippen LogP contribution in [-0.4, -0.2) is 58.0 Å². The highest BCUT2D eigenvalue weighted by Crippen LogP contribution is 2.34. The molecule has 2 amide bonds. The maximum atomic E-state index is 14.4. The topological polar surface area (TPSA) is 105 Å². The van der Waals surface area contributed by atoms with E-state index in [1.807, 2.05) is 13.8 Å². The van der Waals surface area contributed by atoms with E-state index in [1.165, 1.54) is 37.3 Å². The lowest BCUT2D eigenvalue weighted by Crippen LogP contribution is -2.54. The fraction of sp³-hybridized carbons (Fsp3) is 0.412. The first-order valence-corrected chi connectivity index (χ1v) is 17.5. The van der Waals surface area contributed by atoms with E-state index >= 15 is 0 Å². The van der Waals surface area contributed by atoms with Crippen molar-refractivity contribution in [3.8, 4) is 11.5 Å². The molecule has 3 aromatic carbocycles. The van der Waals surface area contributed by atoms with Crippen LogP contribution in [0.1, 0.15) is 56.6 Å². The van der Waals surface area contributed by atoms with Gasteiger partial charge in [-0.25, -0.2) is 8.42 Å². The first kappa shape index (κ1) is 35.4. The zero-order valence-electron chi connectivity index (χ0n) is 26.6. The molecule has 248 valence electrons. The van der Waals surface area contributed by atoms with Crippen LogP contribution in [0.3, 0.4) is 0 Å². The molecule has 0 aromatic heterocycles. The molecule has 0 bridgehead atoms. The van der Waals surface area contributed by atoms with Gasteiger partial charge in [-0.2, -0.15) is 0 Å². The fourth-order valence-electron chi connectivity index (χ4n) is 5.64. The van der Waals surface area contributed by atoms with Gasteiger partial charge in [0.05, 0.1) is 34.8 Å². The van der Waals surface area contributed by atoms with Gasteiger partial charge in [0.2, 0.25) is 11.8 Å². The summed E-state index contributed by atoms with van der Waals surface area (Å²) in [5.74, 6) is -0.150. The Morgan fingerprint density at radius 2 is 1.59 bits per heavy atom. The number of carbonyl (C=O) groups excluding carboxylic acids is 2. The molecule has 9 nitrogen and oxygen atoms in total. The van der Waals surface area contributed by atoms with Crippen LogP contribution in [0.4, 0.5) is 5.69 Å². The lowest BCUT2D eigenvalue weighted by atomic mass is 9.95. The maximum Gasteiger partial charge on any atom is 0.264 e. The molecule has 4 rings (SSSR count). The van der Waals surface area contributed by atoms with Crippen molar-refractivity contribution >= 4 is 50.7 Å². The Hall–Kier alpha value is -3.47. The summed E-state index contributed by atoms with van der Waals surface area (Å²) in [7, 11) is -1.33. The number of nitrogens with one attached hydrogen (secondary N) is 1. The molecule has 1 N–H and O–H groups in total. The number of carbonyl (C=O) groups is 2. The molecule has 46 heavy (non-hydrogen) atoms. The van der Waals surface area contributed by atoms with Crippen molar-refractivity contribution in [3.63, 3.8) is 0 Å². The Kier molecular flexibility index (Phi) is 12.2. The summed E-state index contributed by atoms with van der Waals surface area (Å²) < 4.78 is 40.3. The number of amides is 2. The van der Waals surface area contributed by atoms with Crippen LogP contribution in [0.25, 0.3) is 0 Å². The normalized spacial score (nSPS) is 14.3. The van der Waals surface area contributed by atoms with E-state index in [9.17, 15) is 18.0 Å². The molecule has 1 saturated carbocycles. The molecular weight excluding hydrogens is 649 g/mol. The Bertz CT molecular complexity index is 1630. The molecule has 1 aliphatic rings. The van der Waals surface area contributed by atoms with Crippen molar-refractivity contribution in [2.24, 2.45) is 0 Å². The fourth-order valence-corrected chi connectivity index (χ4v) is 7.37. The second-order valence-electron chi connectivity index (χ2n) is 11.4. The maximum absolute atomic E-state index is 14.4. The number of hydrogen-bond donors (Lipinski definition) is 1. The highest BCUT2D eigenvalue weighted by Gasteiger charge is 2.35. The number of methoxy groups -OCH3 is 2. The van der Waals surface area contributed by atoms with Crippen molar-refractivity contribution in [3.05, 3.63) is 81.8 Å². The zero-order chi connectivity index (χ0) is 33.4. The minimum atomic E-state index is -4.25. The van der Waals surface area contributed by atoms with E-state index in [0.717, 1.165) is 42.0 Å². The Labute approximate surface area is 281 Å². The average Bonchev–Trinajstić information content (AvgIpc) is 3.05. The van der Waals surface area contributed by atoms with Gasteiger partial charge in [-0.15, -0.1) is 0 Å². The van der Waals surface area contributed by atoms with Crippen LogP contribution in [0.15, 0.2) is 65.6 Å². The number of benzene rings is 3. The van der Waals surface area contributed by atoms with Crippen molar-refractivity contribution < 1.29 is 27.5 Å². The molecule has 0 aliphatic heterocycles. The Morgan fingerprint density at radius 3 is 2.20 bits per heavy atom. The van der Waals surface area contributed by atoms with E-state index in [0.29, 0.717) is 33.5 Å². The smallest absolute Gasteiger partial charge is 0.264 e. The lowest BCUT2D eigenvalue weighted by molar-refractivity contribution is -0.140. The number of rotatable bonds is 13. The standard InChI is InChI=1S/C34H41Cl2N3O6S/c1-5-30(34(41)37-25-9-7-6-8-10-25)38(21-24-13-17-28(35)29(36)19-24)33(40)22-39(26-14-18-31(44-3)32(20-26)45-4)46(42,43)27-15-11-23(2)12-16-27/h11-20,25,30H,5-10,21-22H2,1-4H3,(H,37,41). The summed E-state index contributed by atoms with van der Waals surface area (Å²) in [4.78, 5) is 29.6. The Balaban J connectivity index is 1.76. The highest BCUT2D eigenvalue weighted by molar-refractivity contribution is 7.92. The number of hydrogen-bond acceptors (Lipinski definition) is 6. The summed E-state index contributed by atoms with van der Waals surface area (Å²) >= 11 is 12.5. The third kappa shape index (κ3) is 8.46. The third-order valence-electron chi connectivity index (χ3n) is 8.22. The number of anilines is 1. The minimum Gasteiger partial charge on any atom is -0.493 e. The molecule has 0 heterocycles. The molecule has 1 fully saturated rings. The van der Waals surface area contributed by atoms with Gasteiger partial charge in [-0.1, -0.05) is 73.2 Å². The SMILES string of the molecule is CCC(C(=O)NC1CCCCC1)N(Cc1ccc(Cl)c(Cl)c1)C(=O)CN(c1ccc(OC)c(OC)c1)S(=O)(=O)c1ccc(C)cc1. The van der Waals surface area contributed by atoms with Gasteiger partial charge in [0.15, 0.2) is 11.5 Å². The van der Waals surface area contributed by atoms with Crippen LogP contribution in [0.5, 0.6) is 11.5 Å². The average molecular weight is 691 g/mol. The molecule has 1 aliphatic carbocycles. The number of halogens is 2. The van der Waals surface area contributed by atoms with Crippen LogP contribution >= 0.6 is 23.2 Å². The monoisotopic (exact) mass is 689 g/mol. The van der Waals surface area contributed by atoms with E-state index in [2.05, 4.69) is 5.32 Å². The van der Waals surface area contributed by atoms with Crippen molar-refractivity contribution in [2.45, 2.75) is 75.9 Å². The summed E-state index contributed by atoms with van der Waals surface area (Å²) in [6.07, 6.45) is 5.27. The molecule has 0 radical (unpaired) electrons. The van der Waals surface area contributed by atoms with E-state index < -0.39 is 28.5 Å². The van der Waals surface area contributed by atoms with Gasteiger partial charge in [0.25, 0.3) is 10.0 Å².